The first-order chi connectivity index (χ1) is 4.51. The second-order valence-electron chi connectivity index (χ2n) is 3.13. The summed E-state index contributed by atoms with van der Waals surface area (Å²) in [6.45, 7) is 6.59. The summed E-state index contributed by atoms with van der Waals surface area (Å²) < 4.78 is 5.43. The molecule has 1 heterocycles. The van der Waals surface area contributed by atoms with Gasteiger partial charge in [0.25, 0.3) is 0 Å². The van der Waals surface area contributed by atoms with Crippen LogP contribution in [0, 0.1) is 0 Å². The van der Waals surface area contributed by atoms with Gasteiger partial charge in [-0.2, -0.15) is 0 Å². The van der Waals surface area contributed by atoms with Crippen LogP contribution in [-0.4, -0.2) is 23.4 Å². The lowest BCUT2D eigenvalue weighted by Gasteiger charge is -2.17. The zero-order valence-electron chi connectivity index (χ0n) is 6.52. The Bertz CT molecular complexity index is 163. The van der Waals surface area contributed by atoms with Crippen LogP contribution in [-0.2, 0) is 4.74 Å². The summed E-state index contributed by atoms with van der Waals surface area (Å²) in [6, 6.07) is 0. The first kappa shape index (κ1) is 7.86. The third kappa shape index (κ3) is 1.63. The van der Waals surface area contributed by atoms with Crippen molar-refractivity contribution in [2.75, 3.05) is 6.54 Å². The van der Waals surface area contributed by atoms with E-state index in [1.54, 1.807) is 0 Å². The van der Waals surface area contributed by atoms with Gasteiger partial charge in [-0.3, -0.25) is 4.99 Å². The Morgan fingerprint density at radius 2 is 2.30 bits per heavy atom. The minimum Gasteiger partial charge on any atom is -0.472 e. The number of hydrogen-bond acceptors (Lipinski definition) is 2. The van der Waals surface area contributed by atoms with Crippen molar-refractivity contribution >= 4 is 17.5 Å². The number of hydrogen-bond donors (Lipinski definition) is 0. The Morgan fingerprint density at radius 3 is 2.50 bits per heavy atom. The molecule has 3 heteroatoms. The summed E-state index contributed by atoms with van der Waals surface area (Å²) in [6.07, 6.45) is 0. The van der Waals surface area contributed by atoms with Gasteiger partial charge in [-0.15, -0.1) is 11.6 Å². The topological polar surface area (TPSA) is 21.6 Å². The fourth-order valence-electron chi connectivity index (χ4n) is 0.823. The number of halogens is 1. The van der Waals surface area contributed by atoms with Crippen molar-refractivity contribution in [3.05, 3.63) is 0 Å². The Balaban J connectivity index is 2.55. The predicted octanol–water partition coefficient (Wildman–Crippen LogP) is 1.82. The van der Waals surface area contributed by atoms with E-state index in [-0.39, 0.29) is 11.0 Å². The van der Waals surface area contributed by atoms with Gasteiger partial charge in [0.05, 0.1) is 6.54 Å². The molecule has 0 N–H and O–H groups in total. The van der Waals surface area contributed by atoms with Crippen LogP contribution in [0.2, 0.25) is 0 Å². The monoisotopic (exact) mass is 161 g/mol. The van der Waals surface area contributed by atoms with E-state index in [0.29, 0.717) is 5.90 Å². The highest BCUT2D eigenvalue weighted by molar-refractivity contribution is 6.30. The molecular formula is C7H12ClNO. The highest BCUT2D eigenvalue weighted by atomic mass is 35.5. The van der Waals surface area contributed by atoms with Gasteiger partial charge in [-0.25, -0.2) is 0 Å². The molecule has 1 unspecified atom stereocenters. The average Bonchev–Trinajstić information content (AvgIpc) is 2.10. The molecule has 0 aromatic carbocycles. The molecule has 1 aliphatic rings. The van der Waals surface area contributed by atoms with Crippen LogP contribution in [0.25, 0.3) is 0 Å². The van der Waals surface area contributed by atoms with Crippen molar-refractivity contribution in [2.45, 2.75) is 31.7 Å². The van der Waals surface area contributed by atoms with E-state index in [1.165, 1.54) is 0 Å². The molecule has 1 aliphatic heterocycles. The van der Waals surface area contributed by atoms with Gasteiger partial charge < -0.3 is 4.74 Å². The molecule has 0 saturated carbocycles. The summed E-state index contributed by atoms with van der Waals surface area (Å²) in [5.74, 6) is 0.673. The molecular weight excluding hydrogens is 150 g/mol. The zero-order valence-corrected chi connectivity index (χ0v) is 7.27. The smallest absolute Gasteiger partial charge is 0.202 e. The first-order valence-electron chi connectivity index (χ1n) is 3.39. The minimum absolute atomic E-state index is 0.0956. The number of ether oxygens (including phenoxy) is 1. The van der Waals surface area contributed by atoms with Crippen molar-refractivity contribution in [1.29, 1.82) is 0 Å². The Labute approximate surface area is 66.2 Å². The van der Waals surface area contributed by atoms with Crippen molar-refractivity contribution < 1.29 is 4.74 Å². The molecule has 0 spiro atoms. The largest absolute Gasteiger partial charge is 0.472 e. The third-order valence-corrected chi connectivity index (χ3v) is 1.52. The van der Waals surface area contributed by atoms with E-state index >= 15 is 0 Å². The summed E-state index contributed by atoms with van der Waals surface area (Å²) in [4.78, 5) is 4.15. The number of alkyl halides is 1. The SMILES string of the molecule is CC(Cl)C1=NCC(C)(C)O1. The van der Waals surface area contributed by atoms with Gasteiger partial charge >= 0.3 is 0 Å². The Hall–Kier alpha value is -0.240. The van der Waals surface area contributed by atoms with Crippen molar-refractivity contribution in [3.63, 3.8) is 0 Å². The van der Waals surface area contributed by atoms with E-state index < -0.39 is 0 Å². The van der Waals surface area contributed by atoms with Gasteiger partial charge in [-0.1, -0.05) is 0 Å². The number of rotatable bonds is 1. The van der Waals surface area contributed by atoms with Crippen LogP contribution in [0.3, 0.4) is 0 Å². The molecule has 0 aliphatic carbocycles. The summed E-state index contributed by atoms with van der Waals surface area (Å²) in [5, 5.41) is -0.0956. The van der Waals surface area contributed by atoms with Crippen LogP contribution in [0.15, 0.2) is 4.99 Å². The Morgan fingerprint density at radius 1 is 1.70 bits per heavy atom. The highest BCUT2D eigenvalue weighted by Gasteiger charge is 2.29. The highest BCUT2D eigenvalue weighted by Crippen LogP contribution is 2.19. The normalized spacial score (nSPS) is 25.4. The molecule has 1 atom stereocenters. The maximum atomic E-state index is 5.76. The Kier molecular flexibility index (Phi) is 1.90. The van der Waals surface area contributed by atoms with E-state index in [2.05, 4.69) is 4.99 Å². The van der Waals surface area contributed by atoms with Gasteiger partial charge in [-0.05, 0) is 20.8 Å². The predicted molar refractivity (Wildman–Crippen MR) is 42.8 cm³/mol. The first-order valence-corrected chi connectivity index (χ1v) is 3.82. The van der Waals surface area contributed by atoms with E-state index in [4.69, 9.17) is 16.3 Å². The van der Waals surface area contributed by atoms with Gasteiger partial charge in [0.1, 0.15) is 11.0 Å². The molecule has 2 nitrogen and oxygen atoms in total. The third-order valence-electron chi connectivity index (χ3n) is 1.34. The fraction of sp³-hybridized carbons (Fsp3) is 0.857. The molecule has 10 heavy (non-hydrogen) atoms. The number of nitrogens with zero attached hydrogens (tertiary/aromatic N) is 1. The summed E-state index contributed by atoms with van der Waals surface area (Å²) in [7, 11) is 0. The van der Waals surface area contributed by atoms with Crippen LogP contribution < -0.4 is 0 Å². The van der Waals surface area contributed by atoms with Crippen molar-refractivity contribution in [1.82, 2.24) is 0 Å². The molecule has 1 rings (SSSR count). The second kappa shape index (κ2) is 2.42. The van der Waals surface area contributed by atoms with Gasteiger partial charge in [0, 0.05) is 0 Å². The average molecular weight is 162 g/mol. The minimum atomic E-state index is -0.140. The summed E-state index contributed by atoms with van der Waals surface area (Å²) >= 11 is 5.76. The van der Waals surface area contributed by atoms with Gasteiger partial charge in [0.2, 0.25) is 5.90 Å². The van der Waals surface area contributed by atoms with E-state index in [0.717, 1.165) is 6.54 Å². The lowest BCUT2D eigenvalue weighted by molar-refractivity contribution is 0.127. The van der Waals surface area contributed by atoms with Crippen LogP contribution in [0.4, 0.5) is 0 Å². The van der Waals surface area contributed by atoms with Gasteiger partial charge in [0.15, 0.2) is 0 Å². The standard InChI is InChI=1S/C7H12ClNO/c1-5(8)6-9-4-7(2,3)10-6/h5H,4H2,1-3H3. The molecule has 0 aromatic heterocycles. The molecule has 0 bridgehead atoms. The van der Waals surface area contributed by atoms with E-state index in [1.807, 2.05) is 20.8 Å². The zero-order chi connectivity index (χ0) is 7.78. The molecule has 0 fully saturated rings. The molecule has 0 radical (unpaired) electrons. The number of aliphatic imine (C=N–C) groups is 1. The van der Waals surface area contributed by atoms with E-state index in [9.17, 15) is 0 Å². The summed E-state index contributed by atoms with van der Waals surface area (Å²) in [5.41, 5.74) is -0.140. The maximum Gasteiger partial charge on any atom is 0.202 e. The van der Waals surface area contributed by atoms with Crippen molar-refractivity contribution in [2.24, 2.45) is 4.99 Å². The molecule has 58 valence electrons. The fourth-order valence-corrected chi connectivity index (χ4v) is 0.936. The second-order valence-corrected chi connectivity index (χ2v) is 3.79. The lowest BCUT2D eigenvalue weighted by atomic mass is 10.1. The van der Waals surface area contributed by atoms with Crippen LogP contribution >= 0.6 is 11.6 Å². The lowest BCUT2D eigenvalue weighted by Crippen LogP contribution is -2.26. The van der Waals surface area contributed by atoms with Crippen LogP contribution in [0.1, 0.15) is 20.8 Å². The maximum absolute atomic E-state index is 5.76. The molecule has 0 aromatic rings. The molecule has 0 amide bonds. The van der Waals surface area contributed by atoms with Crippen LogP contribution in [0.5, 0.6) is 0 Å². The molecule has 0 saturated heterocycles. The van der Waals surface area contributed by atoms with Crippen molar-refractivity contribution in [3.8, 4) is 0 Å². The quantitative estimate of drug-likeness (QED) is 0.538.